The summed E-state index contributed by atoms with van der Waals surface area (Å²) in [6, 6.07) is 17.1. The van der Waals surface area contributed by atoms with Gasteiger partial charge >= 0.3 is 0 Å². The zero-order valence-electron chi connectivity index (χ0n) is 15.1. The molecule has 0 aromatic heterocycles. The van der Waals surface area contributed by atoms with E-state index in [1.165, 1.54) is 48.9 Å². The highest BCUT2D eigenvalue weighted by molar-refractivity contribution is 6.31. The van der Waals surface area contributed by atoms with Gasteiger partial charge in [-0.15, -0.1) is 0 Å². The van der Waals surface area contributed by atoms with Gasteiger partial charge in [0, 0.05) is 23.8 Å². The van der Waals surface area contributed by atoms with Crippen molar-refractivity contribution in [3.63, 3.8) is 0 Å². The lowest BCUT2D eigenvalue weighted by Gasteiger charge is -2.23. The Bertz CT molecular complexity index is 686. The van der Waals surface area contributed by atoms with Crippen LogP contribution in [0.2, 0.25) is 5.02 Å². The van der Waals surface area contributed by atoms with Crippen LogP contribution in [-0.2, 0) is 0 Å². The smallest absolute Gasteiger partial charge is 0.0446 e. The van der Waals surface area contributed by atoms with E-state index < -0.39 is 0 Å². The minimum atomic E-state index is 0.660. The maximum Gasteiger partial charge on any atom is 0.0446 e. The van der Waals surface area contributed by atoms with E-state index in [4.69, 9.17) is 11.6 Å². The third-order valence-corrected chi connectivity index (χ3v) is 5.54. The van der Waals surface area contributed by atoms with Gasteiger partial charge in [0.1, 0.15) is 0 Å². The molecule has 0 bridgehead atoms. The van der Waals surface area contributed by atoms with Crippen LogP contribution >= 0.6 is 11.6 Å². The minimum absolute atomic E-state index is 0.660. The van der Waals surface area contributed by atoms with E-state index in [0.717, 1.165) is 18.1 Å². The molecule has 0 radical (unpaired) electrons. The van der Waals surface area contributed by atoms with Crippen LogP contribution < -0.4 is 4.90 Å². The third-order valence-electron chi connectivity index (χ3n) is 5.21. The first-order valence-electron chi connectivity index (χ1n) is 9.54. The number of anilines is 1. The minimum Gasteiger partial charge on any atom is -0.368 e. The monoisotopic (exact) mass is 353 g/mol. The molecule has 2 aromatic rings. The van der Waals surface area contributed by atoms with E-state index in [2.05, 4.69) is 72.5 Å². The summed E-state index contributed by atoms with van der Waals surface area (Å²) in [5.74, 6) is 0.660. The molecular weight excluding hydrogens is 326 g/mol. The zero-order valence-corrected chi connectivity index (χ0v) is 15.9. The van der Waals surface area contributed by atoms with Gasteiger partial charge < -0.3 is 4.90 Å². The molecule has 132 valence electrons. The highest BCUT2D eigenvalue weighted by Crippen LogP contribution is 2.36. The first-order valence-corrected chi connectivity index (χ1v) is 9.91. The summed E-state index contributed by atoms with van der Waals surface area (Å²) in [5.41, 5.74) is 3.80. The Kier molecular flexibility index (Phi) is 6.58. The molecule has 2 aromatic carbocycles. The van der Waals surface area contributed by atoms with Gasteiger partial charge in [-0.3, -0.25) is 0 Å². The SMILES string of the molecule is CCN(CC=Cc1ccc(C2CCCCC2)c(Cl)c1)c1ccccc1. The summed E-state index contributed by atoms with van der Waals surface area (Å²) in [6.45, 7) is 4.09. The molecular formula is C23H28ClN. The van der Waals surface area contributed by atoms with E-state index in [1.807, 2.05) is 0 Å². The first kappa shape index (κ1) is 18.1. The summed E-state index contributed by atoms with van der Waals surface area (Å²) in [5, 5.41) is 0.935. The molecule has 3 rings (SSSR count). The van der Waals surface area contributed by atoms with E-state index in [0.29, 0.717) is 5.92 Å². The fraction of sp³-hybridized carbons (Fsp3) is 0.391. The molecule has 25 heavy (non-hydrogen) atoms. The topological polar surface area (TPSA) is 3.24 Å². The Morgan fingerprint density at radius 1 is 1.04 bits per heavy atom. The van der Waals surface area contributed by atoms with E-state index >= 15 is 0 Å². The van der Waals surface area contributed by atoms with Crippen molar-refractivity contribution >= 4 is 23.4 Å². The van der Waals surface area contributed by atoms with Crippen molar-refractivity contribution in [2.45, 2.75) is 44.9 Å². The predicted octanol–water partition coefficient (Wildman–Crippen LogP) is 6.93. The van der Waals surface area contributed by atoms with Gasteiger partial charge in [-0.05, 0) is 55.0 Å². The summed E-state index contributed by atoms with van der Waals surface area (Å²) in [6.07, 6.45) is 11.0. The third kappa shape index (κ3) is 4.89. The highest BCUT2D eigenvalue weighted by atomic mass is 35.5. The number of benzene rings is 2. The fourth-order valence-electron chi connectivity index (χ4n) is 3.76. The number of hydrogen-bond donors (Lipinski definition) is 0. The fourth-order valence-corrected chi connectivity index (χ4v) is 4.11. The number of hydrogen-bond acceptors (Lipinski definition) is 1. The maximum atomic E-state index is 6.58. The molecule has 1 aliphatic carbocycles. The van der Waals surface area contributed by atoms with Crippen LogP contribution in [0.4, 0.5) is 5.69 Å². The Balaban J connectivity index is 1.64. The van der Waals surface area contributed by atoms with Crippen LogP contribution in [0.15, 0.2) is 54.6 Å². The van der Waals surface area contributed by atoms with E-state index in [-0.39, 0.29) is 0 Å². The largest absolute Gasteiger partial charge is 0.368 e. The second-order valence-electron chi connectivity index (χ2n) is 6.89. The molecule has 0 spiro atoms. The molecule has 0 N–H and O–H groups in total. The standard InChI is InChI=1S/C23H28ClN/c1-2-25(21-13-7-4-8-14-21)17-9-10-19-15-16-22(23(24)18-19)20-11-5-3-6-12-20/h4,7-10,13-16,18,20H,2-3,5-6,11-12,17H2,1H3. The van der Waals surface area contributed by atoms with E-state index in [9.17, 15) is 0 Å². The average molecular weight is 354 g/mol. The number of likely N-dealkylation sites (N-methyl/N-ethyl adjacent to an activating group) is 1. The van der Waals surface area contributed by atoms with Crippen molar-refractivity contribution in [2.24, 2.45) is 0 Å². The van der Waals surface area contributed by atoms with Crippen LogP contribution in [-0.4, -0.2) is 13.1 Å². The molecule has 1 aliphatic rings. The molecule has 0 heterocycles. The van der Waals surface area contributed by atoms with E-state index in [1.54, 1.807) is 0 Å². The lowest BCUT2D eigenvalue weighted by molar-refractivity contribution is 0.444. The Morgan fingerprint density at radius 3 is 2.48 bits per heavy atom. The lowest BCUT2D eigenvalue weighted by atomic mass is 9.84. The van der Waals surface area contributed by atoms with Crippen molar-refractivity contribution < 1.29 is 0 Å². The normalized spacial score (nSPS) is 15.6. The lowest BCUT2D eigenvalue weighted by Crippen LogP contribution is -2.22. The summed E-state index contributed by atoms with van der Waals surface area (Å²) in [7, 11) is 0. The van der Waals surface area contributed by atoms with Gasteiger partial charge in [0.15, 0.2) is 0 Å². The summed E-state index contributed by atoms with van der Waals surface area (Å²) >= 11 is 6.58. The van der Waals surface area contributed by atoms with Gasteiger partial charge in [-0.25, -0.2) is 0 Å². The van der Waals surface area contributed by atoms with Crippen molar-refractivity contribution in [3.8, 4) is 0 Å². The molecule has 2 heteroatoms. The number of para-hydroxylation sites is 1. The second-order valence-corrected chi connectivity index (χ2v) is 7.30. The molecule has 0 aliphatic heterocycles. The van der Waals surface area contributed by atoms with Gasteiger partial charge in [0.2, 0.25) is 0 Å². The number of rotatable bonds is 6. The van der Waals surface area contributed by atoms with Crippen LogP contribution in [0, 0.1) is 0 Å². The number of nitrogens with zero attached hydrogens (tertiary/aromatic N) is 1. The van der Waals surface area contributed by atoms with Crippen molar-refractivity contribution in [2.75, 3.05) is 18.0 Å². The highest BCUT2D eigenvalue weighted by Gasteiger charge is 2.17. The Labute approximate surface area is 157 Å². The summed E-state index contributed by atoms with van der Waals surface area (Å²) in [4.78, 5) is 2.36. The van der Waals surface area contributed by atoms with Crippen LogP contribution in [0.3, 0.4) is 0 Å². The second kappa shape index (κ2) is 9.10. The molecule has 0 saturated heterocycles. The molecule has 1 nitrogen and oxygen atoms in total. The Morgan fingerprint density at radius 2 is 1.80 bits per heavy atom. The van der Waals surface area contributed by atoms with Crippen molar-refractivity contribution in [1.82, 2.24) is 0 Å². The Hall–Kier alpha value is -1.73. The predicted molar refractivity (Wildman–Crippen MR) is 111 cm³/mol. The van der Waals surface area contributed by atoms with Gasteiger partial charge in [0.05, 0.1) is 0 Å². The molecule has 0 amide bonds. The van der Waals surface area contributed by atoms with Crippen LogP contribution in [0.5, 0.6) is 0 Å². The quantitative estimate of drug-likeness (QED) is 0.544. The maximum absolute atomic E-state index is 6.58. The van der Waals surface area contributed by atoms with Crippen molar-refractivity contribution in [3.05, 3.63) is 70.8 Å². The first-order chi connectivity index (χ1) is 12.3. The average Bonchev–Trinajstić information content (AvgIpc) is 2.67. The molecule has 1 fully saturated rings. The molecule has 0 unspecified atom stereocenters. The zero-order chi connectivity index (χ0) is 17.5. The number of halogens is 1. The van der Waals surface area contributed by atoms with Crippen molar-refractivity contribution in [1.29, 1.82) is 0 Å². The van der Waals surface area contributed by atoms with Gasteiger partial charge in [0.25, 0.3) is 0 Å². The van der Waals surface area contributed by atoms with Gasteiger partial charge in [-0.1, -0.05) is 73.3 Å². The molecule has 0 atom stereocenters. The van der Waals surface area contributed by atoms with Gasteiger partial charge in [-0.2, -0.15) is 0 Å². The van der Waals surface area contributed by atoms with Crippen LogP contribution in [0.1, 0.15) is 56.1 Å². The van der Waals surface area contributed by atoms with Crippen LogP contribution in [0.25, 0.3) is 6.08 Å². The molecule has 1 saturated carbocycles. The summed E-state index contributed by atoms with van der Waals surface area (Å²) < 4.78 is 0.